The quantitative estimate of drug-likeness (QED) is 0.452. The van der Waals surface area contributed by atoms with E-state index in [1.54, 1.807) is 13.8 Å². The number of phosphoric ester groups is 1. The van der Waals surface area contributed by atoms with Gasteiger partial charge in [-0.25, -0.2) is 0 Å². The molecule has 1 aliphatic rings. The monoisotopic (exact) mass is 250 g/mol. The van der Waals surface area contributed by atoms with Crippen molar-refractivity contribution in [3.05, 3.63) is 0 Å². The van der Waals surface area contributed by atoms with Crippen LogP contribution in [0.5, 0.6) is 0 Å². The molecular weight excluding hydrogens is 239 g/mol. The van der Waals surface area contributed by atoms with Crippen LogP contribution in [-0.4, -0.2) is 62.8 Å². The van der Waals surface area contributed by atoms with Crippen LogP contribution < -0.4 is 9.79 Å². The molecule has 6 nitrogen and oxygen atoms in total. The summed E-state index contributed by atoms with van der Waals surface area (Å²) in [6, 6.07) is 0. The van der Waals surface area contributed by atoms with E-state index < -0.39 is 19.7 Å². The van der Waals surface area contributed by atoms with Crippen molar-refractivity contribution in [3.8, 4) is 0 Å². The van der Waals surface area contributed by atoms with E-state index >= 15 is 0 Å². The molecule has 8 heteroatoms. The predicted molar refractivity (Wildman–Crippen MR) is 44.2 cm³/mol. The predicted octanol–water partition coefficient (Wildman–Crippen LogP) is -1.40. The number of ether oxygens (including phenoxy) is 2. The van der Waals surface area contributed by atoms with Crippen molar-refractivity contribution in [1.29, 1.82) is 0 Å². The van der Waals surface area contributed by atoms with Gasteiger partial charge in [0.05, 0.1) is 21.0 Å². The Morgan fingerprint density at radius 2 is 2.14 bits per heavy atom. The van der Waals surface area contributed by atoms with Gasteiger partial charge in [-0.1, -0.05) is 0 Å². The van der Waals surface area contributed by atoms with Crippen LogP contribution >= 0.6 is 7.82 Å². The molecule has 1 heterocycles. The van der Waals surface area contributed by atoms with Gasteiger partial charge in [-0.15, -0.1) is 0 Å². The van der Waals surface area contributed by atoms with Gasteiger partial charge in [-0.05, 0) is 13.8 Å². The molecular formula is C6H11CaO6P. The molecule has 0 aliphatic carbocycles. The van der Waals surface area contributed by atoms with Crippen LogP contribution in [0.15, 0.2) is 0 Å². The topological polar surface area (TPSA) is 90.9 Å². The van der Waals surface area contributed by atoms with E-state index in [1.807, 2.05) is 0 Å². The SMILES string of the molecule is CC1(C)OC[C@@H](COP(=O)([O-])[O-])O1.[Ca+2]. The summed E-state index contributed by atoms with van der Waals surface area (Å²) in [5.41, 5.74) is 0. The summed E-state index contributed by atoms with van der Waals surface area (Å²) in [4.78, 5) is 20.2. The molecule has 1 atom stereocenters. The summed E-state index contributed by atoms with van der Waals surface area (Å²) in [5, 5.41) is 0. The Morgan fingerprint density at radius 1 is 1.57 bits per heavy atom. The van der Waals surface area contributed by atoms with Gasteiger partial charge in [0.2, 0.25) is 0 Å². The maximum Gasteiger partial charge on any atom is 2.00 e. The zero-order valence-corrected chi connectivity index (χ0v) is 11.2. The van der Waals surface area contributed by atoms with Crippen molar-refractivity contribution in [2.45, 2.75) is 25.7 Å². The van der Waals surface area contributed by atoms with Gasteiger partial charge in [0.15, 0.2) is 5.79 Å². The second kappa shape index (κ2) is 5.57. The first kappa shape index (κ1) is 15.3. The van der Waals surface area contributed by atoms with Gasteiger partial charge in [-0.2, -0.15) is 0 Å². The minimum absolute atomic E-state index is 0. The van der Waals surface area contributed by atoms with E-state index in [2.05, 4.69) is 4.52 Å². The van der Waals surface area contributed by atoms with Crippen LogP contribution in [0.3, 0.4) is 0 Å². The first-order chi connectivity index (χ1) is 5.79. The largest absolute Gasteiger partial charge is 2.00 e. The molecule has 78 valence electrons. The van der Waals surface area contributed by atoms with Crippen molar-refractivity contribution < 1.29 is 28.3 Å². The molecule has 0 N–H and O–H groups in total. The minimum Gasteiger partial charge on any atom is -0.790 e. The molecule has 1 rings (SSSR count). The van der Waals surface area contributed by atoms with E-state index in [4.69, 9.17) is 9.47 Å². The zero-order valence-electron chi connectivity index (χ0n) is 8.10. The zero-order chi connectivity index (χ0) is 10.1. The Balaban J connectivity index is 0.00000169. The third kappa shape index (κ3) is 6.00. The van der Waals surface area contributed by atoms with Gasteiger partial charge < -0.3 is 28.3 Å². The van der Waals surface area contributed by atoms with Crippen LogP contribution in [0.1, 0.15) is 13.8 Å². The van der Waals surface area contributed by atoms with E-state index in [1.165, 1.54) is 0 Å². The molecule has 1 fully saturated rings. The fourth-order valence-corrected chi connectivity index (χ4v) is 1.37. The van der Waals surface area contributed by atoms with Crippen LogP contribution in [0, 0.1) is 0 Å². The fourth-order valence-electron chi connectivity index (χ4n) is 1.02. The normalized spacial score (nSPS) is 25.9. The maximum atomic E-state index is 10.1. The van der Waals surface area contributed by atoms with Crippen LogP contribution in [0.25, 0.3) is 0 Å². The molecule has 0 aromatic heterocycles. The molecule has 1 saturated heterocycles. The maximum absolute atomic E-state index is 10.1. The third-order valence-corrected chi connectivity index (χ3v) is 1.95. The summed E-state index contributed by atoms with van der Waals surface area (Å²) >= 11 is 0. The van der Waals surface area contributed by atoms with Gasteiger partial charge in [-0.3, -0.25) is 0 Å². The fraction of sp³-hybridized carbons (Fsp3) is 1.00. The first-order valence-electron chi connectivity index (χ1n) is 3.77. The summed E-state index contributed by atoms with van der Waals surface area (Å²) in [6.45, 7) is 3.34. The molecule has 0 amide bonds. The van der Waals surface area contributed by atoms with Gasteiger partial charge in [0.25, 0.3) is 0 Å². The van der Waals surface area contributed by atoms with Crippen LogP contribution in [0.4, 0.5) is 0 Å². The number of hydrogen-bond donors (Lipinski definition) is 0. The Bertz CT molecular complexity index is 226. The number of phosphoric acid groups is 1. The van der Waals surface area contributed by atoms with E-state index in [9.17, 15) is 14.4 Å². The van der Waals surface area contributed by atoms with Gasteiger partial charge >= 0.3 is 37.7 Å². The van der Waals surface area contributed by atoms with Crippen LogP contribution in [0.2, 0.25) is 0 Å². The van der Waals surface area contributed by atoms with E-state index in [0.29, 0.717) is 0 Å². The average Bonchev–Trinajstić information content (AvgIpc) is 2.24. The molecule has 0 unspecified atom stereocenters. The second-order valence-electron chi connectivity index (χ2n) is 3.19. The van der Waals surface area contributed by atoms with Gasteiger partial charge in [0, 0.05) is 0 Å². The Morgan fingerprint density at radius 3 is 2.50 bits per heavy atom. The summed E-state index contributed by atoms with van der Waals surface area (Å²) in [7, 11) is -4.90. The first-order valence-corrected chi connectivity index (χ1v) is 5.23. The molecule has 0 saturated carbocycles. The second-order valence-corrected chi connectivity index (χ2v) is 4.35. The molecule has 0 aromatic carbocycles. The molecule has 0 spiro atoms. The summed E-state index contributed by atoms with van der Waals surface area (Å²) in [6.07, 6.45) is -0.494. The molecule has 0 radical (unpaired) electrons. The number of rotatable bonds is 3. The number of hydrogen-bond acceptors (Lipinski definition) is 6. The molecule has 1 aliphatic heterocycles. The Labute approximate surface area is 112 Å². The van der Waals surface area contributed by atoms with Gasteiger partial charge in [0.1, 0.15) is 6.10 Å². The standard InChI is InChI=1S/C6H13O6P.Ca/c1-6(2)10-3-5(12-6)4-11-13(7,8)9;/h5H,3-4H2,1-2H3,(H2,7,8,9);/q;+2/p-2/t5-;/m0./s1. The Hall–Kier alpha value is 1.29. The van der Waals surface area contributed by atoms with Crippen LogP contribution in [-0.2, 0) is 18.6 Å². The van der Waals surface area contributed by atoms with Crippen molar-refractivity contribution in [1.82, 2.24) is 0 Å². The molecule has 14 heavy (non-hydrogen) atoms. The van der Waals surface area contributed by atoms with Crippen molar-refractivity contribution >= 4 is 45.6 Å². The minimum atomic E-state index is -4.90. The third-order valence-electron chi connectivity index (χ3n) is 1.49. The molecule has 0 aromatic rings. The van der Waals surface area contributed by atoms with E-state index in [-0.39, 0.29) is 51.0 Å². The Kier molecular flexibility index (Phi) is 6.08. The van der Waals surface area contributed by atoms with Crippen molar-refractivity contribution in [2.75, 3.05) is 13.2 Å². The van der Waals surface area contributed by atoms with E-state index in [0.717, 1.165) is 0 Å². The van der Waals surface area contributed by atoms with Crippen molar-refractivity contribution in [2.24, 2.45) is 0 Å². The smallest absolute Gasteiger partial charge is 0.790 e. The van der Waals surface area contributed by atoms with Crippen molar-refractivity contribution in [3.63, 3.8) is 0 Å². The average molecular weight is 250 g/mol. The molecule has 0 bridgehead atoms. The summed E-state index contributed by atoms with van der Waals surface area (Å²) in [5.74, 6) is -0.732. The summed E-state index contributed by atoms with van der Waals surface area (Å²) < 4.78 is 24.5.